The minimum atomic E-state index is -0.222. The maximum Gasteiger partial charge on any atom is 0.255 e. The molecule has 2 aromatic rings. The molecule has 1 aliphatic heterocycles. The molecule has 0 spiro atoms. The van der Waals surface area contributed by atoms with Crippen LogP contribution in [0.15, 0.2) is 42.5 Å². The van der Waals surface area contributed by atoms with Crippen molar-refractivity contribution in [1.29, 1.82) is 5.26 Å². The predicted octanol–water partition coefficient (Wildman–Crippen LogP) is 3.75. The molecule has 1 N–H and O–H groups in total. The van der Waals surface area contributed by atoms with Crippen molar-refractivity contribution in [1.82, 2.24) is 0 Å². The fraction of sp³-hybridized carbons (Fsp3) is 0.286. The normalized spacial score (nSPS) is 13.3. The van der Waals surface area contributed by atoms with E-state index < -0.39 is 0 Å². The average Bonchev–Trinajstić information content (AvgIpc) is 2.64. The minimum Gasteiger partial charge on any atom is -0.322 e. The number of anilines is 2. The van der Waals surface area contributed by atoms with Gasteiger partial charge in [0.15, 0.2) is 0 Å². The maximum absolute atomic E-state index is 12.4. The van der Waals surface area contributed by atoms with Crippen LogP contribution in [0.5, 0.6) is 0 Å². The summed E-state index contributed by atoms with van der Waals surface area (Å²) in [6.45, 7) is 4.88. The second-order valence-corrected chi connectivity index (χ2v) is 6.88. The molecule has 2 aromatic carbocycles. The van der Waals surface area contributed by atoms with Crippen LogP contribution in [0.4, 0.5) is 11.4 Å². The van der Waals surface area contributed by atoms with Gasteiger partial charge in [-0.05, 0) is 60.4 Å². The molecular weight excluding hydrogens is 326 g/mol. The predicted molar refractivity (Wildman–Crippen MR) is 101 cm³/mol. The number of hydrogen-bond acceptors (Lipinski definition) is 3. The number of carbonyl (C=O) groups excluding carboxylic acids is 2. The molecule has 5 nitrogen and oxygen atoms in total. The molecule has 0 radical (unpaired) electrons. The van der Waals surface area contributed by atoms with Crippen LogP contribution in [0.3, 0.4) is 0 Å². The number of benzene rings is 2. The number of nitrogens with zero attached hydrogens (tertiary/aromatic N) is 2. The summed E-state index contributed by atoms with van der Waals surface area (Å²) in [6, 6.07) is 14.2. The lowest BCUT2D eigenvalue weighted by Crippen LogP contribution is -2.37. The Morgan fingerprint density at radius 2 is 1.92 bits per heavy atom. The Bertz CT molecular complexity index is 879. The Labute approximate surface area is 153 Å². The van der Waals surface area contributed by atoms with Crippen molar-refractivity contribution in [2.45, 2.75) is 26.7 Å². The topological polar surface area (TPSA) is 73.2 Å². The first-order valence-corrected chi connectivity index (χ1v) is 8.72. The van der Waals surface area contributed by atoms with Gasteiger partial charge in [-0.1, -0.05) is 13.8 Å². The number of rotatable bonds is 4. The monoisotopic (exact) mass is 347 g/mol. The number of nitriles is 1. The lowest BCUT2D eigenvalue weighted by atomic mass is 9.99. The molecule has 0 atom stereocenters. The highest BCUT2D eigenvalue weighted by Crippen LogP contribution is 2.31. The highest BCUT2D eigenvalue weighted by Gasteiger charge is 2.24. The van der Waals surface area contributed by atoms with Gasteiger partial charge in [-0.15, -0.1) is 0 Å². The molecule has 5 heteroatoms. The molecule has 3 rings (SSSR count). The van der Waals surface area contributed by atoms with Gasteiger partial charge in [-0.2, -0.15) is 5.26 Å². The molecule has 1 aliphatic rings. The van der Waals surface area contributed by atoms with Gasteiger partial charge >= 0.3 is 0 Å². The van der Waals surface area contributed by atoms with Gasteiger partial charge in [0.25, 0.3) is 5.91 Å². The first-order valence-electron chi connectivity index (χ1n) is 8.72. The van der Waals surface area contributed by atoms with Crippen molar-refractivity contribution in [2.75, 3.05) is 16.8 Å². The molecule has 132 valence electrons. The fourth-order valence-corrected chi connectivity index (χ4v) is 3.10. The Balaban J connectivity index is 1.79. The summed E-state index contributed by atoms with van der Waals surface area (Å²) in [4.78, 5) is 26.5. The lowest BCUT2D eigenvalue weighted by molar-refractivity contribution is -0.119. The van der Waals surface area contributed by atoms with E-state index in [0.717, 1.165) is 11.3 Å². The van der Waals surface area contributed by atoms with E-state index in [1.54, 1.807) is 24.3 Å². The number of fused-ring (bicyclic) bond motifs is 1. The summed E-state index contributed by atoms with van der Waals surface area (Å²) in [5, 5.41) is 11.7. The highest BCUT2D eigenvalue weighted by molar-refractivity contribution is 6.05. The van der Waals surface area contributed by atoms with Crippen LogP contribution in [0.2, 0.25) is 0 Å². The van der Waals surface area contributed by atoms with E-state index in [1.807, 2.05) is 29.2 Å². The standard InChI is InChI=1S/C21H21N3O2/c1-14(2)13-24-19-9-8-18(11-17(19)7-10-20(24)25)23-21(26)16-5-3-15(12-22)4-6-16/h3-6,8-9,11,14H,7,10,13H2,1-2H3,(H,23,26). The van der Waals surface area contributed by atoms with Gasteiger partial charge in [0, 0.05) is 29.9 Å². The van der Waals surface area contributed by atoms with Gasteiger partial charge in [-0.3, -0.25) is 9.59 Å². The van der Waals surface area contributed by atoms with Crippen molar-refractivity contribution < 1.29 is 9.59 Å². The van der Waals surface area contributed by atoms with Gasteiger partial charge in [0.2, 0.25) is 5.91 Å². The third-order valence-electron chi connectivity index (χ3n) is 4.36. The Hall–Kier alpha value is -3.13. The zero-order valence-electron chi connectivity index (χ0n) is 15.0. The number of amides is 2. The van der Waals surface area contributed by atoms with E-state index in [1.165, 1.54) is 0 Å². The van der Waals surface area contributed by atoms with E-state index in [0.29, 0.717) is 42.1 Å². The molecule has 0 bridgehead atoms. The molecule has 0 aromatic heterocycles. The Morgan fingerprint density at radius 1 is 1.19 bits per heavy atom. The minimum absolute atomic E-state index is 0.153. The van der Waals surface area contributed by atoms with E-state index in [9.17, 15) is 9.59 Å². The quantitative estimate of drug-likeness (QED) is 0.915. The van der Waals surface area contributed by atoms with Crippen LogP contribution >= 0.6 is 0 Å². The molecule has 0 fully saturated rings. The molecule has 0 saturated carbocycles. The molecule has 0 aliphatic carbocycles. The molecule has 0 unspecified atom stereocenters. The second-order valence-electron chi connectivity index (χ2n) is 6.88. The van der Waals surface area contributed by atoms with Crippen LogP contribution in [0, 0.1) is 17.2 Å². The van der Waals surface area contributed by atoms with Crippen LogP contribution in [0.1, 0.15) is 41.8 Å². The van der Waals surface area contributed by atoms with Gasteiger partial charge in [-0.25, -0.2) is 0 Å². The highest BCUT2D eigenvalue weighted by atomic mass is 16.2. The Kier molecular flexibility index (Phi) is 5.04. The van der Waals surface area contributed by atoms with Crippen LogP contribution in [0.25, 0.3) is 0 Å². The second kappa shape index (κ2) is 7.40. The summed E-state index contributed by atoms with van der Waals surface area (Å²) in [5.41, 5.74) is 3.73. The van der Waals surface area contributed by atoms with Crippen LogP contribution in [-0.4, -0.2) is 18.4 Å². The average molecular weight is 347 g/mol. The summed E-state index contributed by atoms with van der Waals surface area (Å²) in [5.74, 6) is 0.321. The van der Waals surface area contributed by atoms with E-state index >= 15 is 0 Å². The number of aryl methyl sites for hydroxylation is 1. The van der Waals surface area contributed by atoms with Crippen molar-refractivity contribution in [2.24, 2.45) is 5.92 Å². The maximum atomic E-state index is 12.4. The van der Waals surface area contributed by atoms with Gasteiger partial charge in [0.05, 0.1) is 11.6 Å². The van der Waals surface area contributed by atoms with E-state index in [2.05, 4.69) is 19.2 Å². The first kappa shape index (κ1) is 17.7. The molecular formula is C21H21N3O2. The Morgan fingerprint density at radius 3 is 2.58 bits per heavy atom. The van der Waals surface area contributed by atoms with E-state index in [-0.39, 0.29) is 11.8 Å². The summed E-state index contributed by atoms with van der Waals surface area (Å²) >= 11 is 0. The largest absolute Gasteiger partial charge is 0.322 e. The van der Waals surface area contributed by atoms with Crippen LogP contribution < -0.4 is 10.2 Å². The number of nitrogens with one attached hydrogen (secondary N) is 1. The molecule has 0 saturated heterocycles. The van der Waals surface area contributed by atoms with Crippen molar-refractivity contribution in [3.63, 3.8) is 0 Å². The van der Waals surface area contributed by atoms with Gasteiger partial charge in [0.1, 0.15) is 0 Å². The van der Waals surface area contributed by atoms with Crippen molar-refractivity contribution in [3.05, 3.63) is 59.2 Å². The van der Waals surface area contributed by atoms with Gasteiger partial charge < -0.3 is 10.2 Å². The summed E-state index contributed by atoms with van der Waals surface area (Å²) < 4.78 is 0. The first-order chi connectivity index (χ1) is 12.5. The summed E-state index contributed by atoms with van der Waals surface area (Å²) in [6.07, 6.45) is 1.18. The smallest absolute Gasteiger partial charge is 0.255 e. The third kappa shape index (κ3) is 3.75. The van der Waals surface area contributed by atoms with Crippen LogP contribution in [-0.2, 0) is 11.2 Å². The fourth-order valence-electron chi connectivity index (χ4n) is 3.10. The lowest BCUT2D eigenvalue weighted by Gasteiger charge is -2.31. The molecule has 26 heavy (non-hydrogen) atoms. The SMILES string of the molecule is CC(C)CN1C(=O)CCc2cc(NC(=O)c3ccc(C#N)cc3)ccc21. The third-order valence-corrected chi connectivity index (χ3v) is 4.36. The van der Waals surface area contributed by atoms with Crippen molar-refractivity contribution in [3.8, 4) is 6.07 Å². The van der Waals surface area contributed by atoms with Crippen molar-refractivity contribution >= 4 is 23.2 Å². The zero-order chi connectivity index (χ0) is 18.7. The summed E-state index contributed by atoms with van der Waals surface area (Å²) in [7, 11) is 0. The number of hydrogen-bond donors (Lipinski definition) is 1. The molecule has 1 heterocycles. The molecule has 2 amide bonds. The van der Waals surface area contributed by atoms with E-state index in [4.69, 9.17) is 5.26 Å². The zero-order valence-corrected chi connectivity index (χ0v) is 15.0. The number of carbonyl (C=O) groups is 2.